The molecule has 2 N–H and O–H groups in total. The summed E-state index contributed by atoms with van der Waals surface area (Å²) in [6.07, 6.45) is 2.80. The van der Waals surface area contributed by atoms with Crippen LogP contribution in [0.3, 0.4) is 0 Å². The van der Waals surface area contributed by atoms with Crippen LogP contribution in [0.1, 0.15) is 18.4 Å². The summed E-state index contributed by atoms with van der Waals surface area (Å²) in [6, 6.07) is 3.73. The number of sulfonamides is 1. The van der Waals surface area contributed by atoms with Crippen molar-refractivity contribution in [1.82, 2.24) is 4.31 Å². The van der Waals surface area contributed by atoms with Gasteiger partial charge < -0.3 is 10.5 Å². The molecular weight excluding hydrogens is 368 g/mol. The molecule has 3 atom stereocenters. The highest BCUT2D eigenvalue weighted by atomic mass is 79.9. The van der Waals surface area contributed by atoms with Crippen LogP contribution in [0, 0.1) is 11.8 Å². The van der Waals surface area contributed by atoms with Gasteiger partial charge in [-0.25, -0.2) is 8.42 Å². The molecule has 1 aromatic carbocycles. The van der Waals surface area contributed by atoms with Gasteiger partial charge in [0.2, 0.25) is 10.0 Å². The molecule has 0 spiro atoms. The van der Waals surface area contributed by atoms with Crippen molar-refractivity contribution in [3.05, 3.63) is 22.2 Å². The van der Waals surface area contributed by atoms with Gasteiger partial charge in [-0.05, 0) is 36.8 Å². The summed E-state index contributed by atoms with van der Waals surface area (Å²) in [5, 5.41) is 0. The first-order valence-electron chi connectivity index (χ1n) is 7.68. The van der Waals surface area contributed by atoms with Crippen molar-refractivity contribution in [2.75, 3.05) is 19.7 Å². The van der Waals surface area contributed by atoms with Crippen LogP contribution in [0.2, 0.25) is 0 Å². The van der Waals surface area contributed by atoms with E-state index >= 15 is 0 Å². The van der Waals surface area contributed by atoms with Crippen molar-refractivity contribution in [3.63, 3.8) is 0 Å². The first-order chi connectivity index (χ1) is 10.5. The average Bonchev–Trinajstić information content (AvgIpc) is 3.15. The fourth-order valence-corrected chi connectivity index (χ4v) is 6.42. The van der Waals surface area contributed by atoms with Gasteiger partial charge in [0.15, 0.2) is 0 Å². The standard InChI is InChI=1S/C15H19BrN2O3S/c16-11-5-9-3-4-21-15(9)14(6-11)22(19,20)18-7-10-1-2-13(17)12(10)8-18/h5-6,10,12-13H,1-4,7-8,17H2. The summed E-state index contributed by atoms with van der Waals surface area (Å²) in [5.41, 5.74) is 7.09. The molecule has 1 aliphatic carbocycles. The lowest BCUT2D eigenvalue weighted by atomic mass is 9.98. The largest absolute Gasteiger partial charge is 0.492 e. The lowest BCUT2D eigenvalue weighted by Crippen LogP contribution is -2.33. The molecule has 22 heavy (non-hydrogen) atoms. The number of nitrogens with zero attached hydrogens (tertiary/aromatic N) is 1. The maximum Gasteiger partial charge on any atom is 0.246 e. The predicted octanol–water partition coefficient (Wildman–Crippen LogP) is 1.74. The fourth-order valence-electron chi connectivity index (χ4n) is 4.03. The number of rotatable bonds is 2. The number of hydrogen-bond donors (Lipinski definition) is 1. The van der Waals surface area contributed by atoms with E-state index in [9.17, 15) is 8.42 Å². The number of halogens is 1. The lowest BCUT2D eigenvalue weighted by molar-refractivity contribution is 0.346. The second-order valence-electron chi connectivity index (χ2n) is 6.48. The molecular formula is C15H19BrN2O3S. The van der Waals surface area contributed by atoms with E-state index in [0.29, 0.717) is 42.2 Å². The minimum Gasteiger partial charge on any atom is -0.492 e. The minimum absolute atomic E-state index is 0.134. The minimum atomic E-state index is -3.53. The zero-order valence-corrected chi connectivity index (χ0v) is 14.6. The molecule has 0 bridgehead atoms. The molecule has 2 fully saturated rings. The van der Waals surface area contributed by atoms with Gasteiger partial charge >= 0.3 is 0 Å². The Morgan fingerprint density at radius 1 is 1.27 bits per heavy atom. The lowest BCUT2D eigenvalue weighted by Gasteiger charge is -2.20. The second-order valence-corrected chi connectivity index (χ2v) is 9.30. The van der Waals surface area contributed by atoms with E-state index in [1.165, 1.54) is 0 Å². The van der Waals surface area contributed by atoms with E-state index in [1.54, 1.807) is 10.4 Å². The zero-order chi connectivity index (χ0) is 15.5. The van der Waals surface area contributed by atoms with Gasteiger partial charge in [-0.1, -0.05) is 15.9 Å². The first kappa shape index (κ1) is 14.9. The number of fused-ring (bicyclic) bond motifs is 2. The summed E-state index contributed by atoms with van der Waals surface area (Å²) in [5.74, 6) is 1.24. The monoisotopic (exact) mass is 386 g/mol. The fraction of sp³-hybridized carbons (Fsp3) is 0.600. The number of benzene rings is 1. The van der Waals surface area contributed by atoms with Crippen LogP contribution in [-0.4, -0.2) is 38.5 Å². The molecule has 120 valence electrons. The van der Waals surface area contributed by atoms with Gasteiger partial charge in [-0.3, -0.25) is 0 Å². The van der Waals surface area contributed by atoms with E-state index in [1.807, 2.05) is 6.07 Å². The van der Waals surface area contributed by atoms with Crippen molar-refractivity contribution >= 4 is 26.0 Å². The SMILES string of the molecule is NC1CCC2CN(S(=O)(=O)c3cc(Br)cc4c3OCC4)CC12. The van der Waals surface area contributed by atoms with Crippen molar-refractivity contribution in [1.29, 1.82) is 0 Å². The molecule has 5 nitrogen and oxygen atoms in total. The van der Waals surface area contributed by atoms with Crippen LogP contribution in [0.5, 0.6) is 5.75 Å². The topological polar surface area (TPSA) is 72.6 Å². The van der Waals surface area contributed by atoms with Gasteiger partial charge in [0, 0.05) is 35.6 Å². The van der Waals surface area contributed by atoms with Crippen molar-refractivity contribution < 1.29 is 13.2 Å². The smallest absolute Gasteiger partial charge is 0.246 e. The van der Waals surface area contributed by atoms with Crippen molar-refractivity contribution in [3.8, 4) is 5.75 Å². The van der Waals surface area contributed by atoms with Crippen LogP contribution in [0.15, 0.2) is 21.5 Å². The first-order valence-corrected chi connectivity index (χ1v) is 9.91. The van der Waals surface area contributed by atoms with Crippen LogP contribution in [-0.2, 0) is 16.4 Å². The van der Waals surface area contributed by atoms with Gasteiger partial charge in [0.1, 0.15) is 10.6 Å². The van der Waals surface area contributed by atoms with Crippen LogP contribution in [0.25, 0.3) is 0 Å². The summed E-state index contributed by atoms with van der Waals surface area (Å²) < 4.78 is 34.1. The average molecular weight is 387 g/mol. The maximum absolute atomic E-state index is 13.1. The van der Waals surface area contributed by atoms with Crippen LogP contribution in [0.4, 0.5) is 0 Å². The van der Waals surface area contributed by atoms with Crippen LogP contribution < -0.4 is 10.5 Å². The summed E-state index contributed by atoms with van der Waals surface area (Å²) in [4.78, 5) is 0.294. The van der Waals surface area contributed by atoms with Gasteiger partial charge in [-0.15, -0.1) is 0 Å². The Morgan fingerprint density at radius 2 is 2.09 bits per heavy atom. The summed E-state index contributed by atoms with van der Waals surface area (Å²) in [7, 11) is -3.53. The third kappa shape index (κ3) is 2.21. The van der Waals surface area contributed by atoms with Gasteiger partial charge in [0.25, 0.3) is 0 Å². The molecule has 3 unspecified atom stereocenters. The van der Waals surface area contributed by atoms with E-state index in [-0.39, 0.29) is 6.04 Å². The third-order valence-corrected chi connectivity index (χ3v) is 7.51. The molecule has 3 aliphatic rings. The van der Waals surface area contributed by atoms with Gasteiger partial charge in [-0.2, -0.15) is 4.31 Å². The van der Waals surface area contributed by atoms with E-state index in [4.69, 9.17) is 10.5 Å². The Hall–Kier alpha value is -0.630. The quantitative estimate of drug-likeness (QED) is 0.839. The molecule has 1 saturated carbocycles. The second kappa shape index (κ2) is 5.19. The summed E-state index contributed by atoms with van der Waals surface area (Å²) >= 11 is 3.42. The number of ether oxygens (including phenoxy) is 1. The molecule has 4 rings (SSSR count). The Labute approximate surface area is 139 Å². The van der Waals surface area contributed by atoms with Crippen molar-refractivity contribution in [2.24, 2.45) is 17.6 Å². The maximum atomic E-state index is 13.1. The third-order valence-electron chi connectivity index (χ3n) is 5.21. The summed E-state index contributed by atoms with van der Waals surface area (Å²) in [6.45, 7) is 1.67. The Morgan fingerprint density at radius 3 is 2.86 bits per heavy atom. The molecule has 0 amide bonds. The molecule has 7 heteroatoms. The van der Waals surface area contributed by atoms with E-state index in [2.05, 4.69) is 15.9 Å². The highest BCUT2D eigenvalue weighted by Gasteiger charge is 2.46. The number of hydrogen-bond acceptors (Lipinski definition) is 4. The molecule has 1 aromatic rings. The predicted molar refractivity (Wildman–Crippen MR) is 86.3 cm³/mol. The van der Waals surface area contributed by atoms with Gasteiger partial charge in [0.05, 0.1) is 6.61 Å². The molecule has 2 heterocycles. The van der Waals surface area contributed by atoms with Crippen LogP contribution >= 0.6 is 15.9 Å². The number of nitrogens with two attached hydrogens (primary N) is 1. The molecule has 1 saturated heterocycles. The Kier molecular flexibility index (Phi) is 3.52. The van der Waals surface area contributed by atoms with E-state index < -0.39 is 10.0 Å². The van der Waals surface area contributed by atoms with E-state index in [0.717, 1.165) is 29.3 Å². The molecule has 0 radical (unpaired) electrons. The Balaban J connectivity index is 1.71. The zero-order valence-electron chi connectivity index (χ0n) is 12.2. The molecule has 0 aromatic heterocycles. The Bertz CT molecular complexity index is 722. The normalized spacial score (nSPS) is 31.1. The highest BCUT2D eigenvalue weighted by Crippen LogP contribution is 2.42. The molecule has 2 aliphatic heterocycles. The highest BCUT2D eigenvalue weighted by molar-refractivity contribution is 9.10. The van der Waals surface area contributed by atoms with Crippen molar-refractivity contribution in [2.45, 2.75) is 30.2 Å².